The zero-order valence-electron chi connectivity index (χ0n) is 44.7. The summed E-state index contributed by atoms with van der Waals surface area (Å²) in [5.74, 6) is -0.883. The van der Waals surface area contributed by atoms with Crippen LogP contribution in [0.25, 0.3) is 0 Å². The molecule has 5 heteroatoms. The van der Waals surface area contributed by atoms with Crippen LogP contribution >= 0.6 is 0 Å². The van der Waals surface area contributed by atoms with E-state index in [0.717, 1.165) is 39.7 Å². The van der Waals surface area contributed by atoms with E-state index in [1.54, 1.807) is 18.2 Å². The number of carbonyl (C=O) groups excluding carboxylic acids is 3. The van der Waals surface area contributed by atoms with Gasteiger partial charge in [-0.15, -0.1) is 0 Å². The van der Waals surface area contributed by atoms with Crippen molar-refractivity contribution in [2.24, 2.45) is 0 Å². The molecule has 0 bridgehead atoms. The van der Waals surface area contributed by atoms with E-state index in [0.29, 0.717) is 16.7 Å². The number of fused-ring (bicyclic) bond motifs is 6. The monoisotopic (exact) mass is 1010 g/mol. The first kappa shape index (κ1) is 48.5. The Hall–Kier alpha value is -9.19. The van der Waals surface area contributed by atoms with E-state index >= 15 is 0 Å². The Labute approximate surface area is 457 Å². The lowest BCUT2D eigenvalue weighted by Crippen LogP contribution is -2.30. The van der Waals surface area contributed by atoms with Crippen molar-refractivity contribution in [3.63, 3.8) is 0 Å². The lowest BCUT2D eigenvalue weighted by molar-refractivity contribution is 0.103. The van der Waals surface area contributed by atoms with Gasteiger partial charge < -0.3 is 9.80 Å². The molecule has 10 aromatic rings. The van der Waals surface area contributed by atoms with Gasteiger partial charge in [0.25, 0.3) is 0 Å². The Morgan fingerprint density at radius 1 is 0.295 bits per heavy atom. The van der Waals surface area contributed by atoms with Gasteiger partial charge in [-0.05, 0) is 141 Å². The third-order valence-electron chi connectivity index (χ3n) is 17.2. The van der Waals surface area contributed by atoms with Crippen molar-refractivity contribution >= 4 is 51.5 Å². The highest BCUT2D eigenvalue weighted by molar-refractivity contribution is 6.17. The van der Waals surface area contributed by atoms with Crippen LogP contribution in [0.5, 0.6) is 0 Å². The summed E-state index contributed by atoms with van der Waals surface area (Å²) in [5.41, 5.74) is 18.7. The van der Waals surface area contributed by atoms with Crippen LogP contribution in [0.15, 0.2) is 237 Å². The molecule has 0 atom stereocenters. The number of hydrogen-bond donors (Lipinski definition) is 0. The molecule has 2 aliphatic heterocycles. The molecule has 0 saturated carbocycles. The minimum Gasteiger partial charge on any atom is -0.310 e. The number of anilines is 6. The summed E-state index contributed by atoms with van der Waals surface area (Å²) in [6.45, 7) is 13.6. The molecule has 10 aromatic carbocycles. The maximum atomic E-state index is 14.9. The lowest BCUT2D eigenvalue weighted by atomic mass is 9.64. The molecule has 13 rings (SSSR count). The maximum absolute atomic E-state index is 14.9. The van der Waals surface area contributed by atoms with Gasteiger partial charge in [0, 0.05) is 66.9 Å². The molecule has 0 spiro atoms. The van der Waals surface area contributed by atoms with Crippen LogP contribution < -0.4 is 9.80 Å². The molecule has 0 saturated heterocycles. The summed E-state index contributed by atoms with van der Waals surface area (Å²) >= 11 is 0. The molecule has 0 unspecified atom stereocenters. The van der Waals surface area contributed by atoms with E-state index in [2.05, 4.69) is 197 Å². The van der Waals surface area contributed by atoms with Crippen molar-refractivity contribution in [3.05, 3.63) is 320 Å². The topological polar surface area (TPSA) is 57.7 Å². The Morgan fingerprint density at radius 3 is 0.872 bits per heavy atom. The number of rotatable bonds is 9. The molecule has 0 fully saturated rings. The Balaban J connectivity index is 0.867. The van der Waals surface area contributed by atoms with Crippen molar-refractivity contribution in [1.82, 2.24) is 0 Å². The molecule has 0 aromatic heterocycles. The minimum absolute atomic E-state index is 0.0185. The van der Waals surface area contributed by atoms with E-state index in [1.807, 2.05) is 72.8 Å². The summed E-state index contributed by atoms with van der Waals surface area (Å²) in [6, 6.07) is 79.4. The second kappa shape index (κ2) is 18.2. The van der Waals surface area contributed by atoms with Crippen molar-refractivity contribution in [2.75, 3.05) is 9.80 Å². The van der Waals surface area contributed by atoms with Gasteiger partial charge >= 0.3 is 0 Å². The molecule has 0 amide bonds. The normalized spacial score (nSPS) is 15.2. The fourth-order valence-electron chi connectivity index (χ4n) is 13.1. The summed E-state index contributed by atoms with van der Waals surface area (Å²) in [5, 5.41) is 0. The maximum Gasteiger partial charge on any atom is 0.193 e. The first-order valence-electron chi connectivity index (χ1n) is 27.0. The van der Waals surface area contributed by atoms with Crippen molar-refractivity contribution < 1.29 is 14.4 Å². The smallest absolute Gasteiger partial charge is 0.193 e. The predicted octanol–water partition coefficient (Wildman–Crippen LogP) is 17.4. The largest absolute Gasteiger partial charge is 0.310 e. The van der Waals surface area contributed by atoms with E-state index in [-0.39, 0.29) is 56.2 Å². The third kappa shape index (κ3) is 7.62. The van der Waals surface area contributed by atoms with Crippen LogP contribution in [-0.4, -0.2) is 17.3 Å². The van der Waals surface area contributed by atoms with Gasteiger partial charge in [0.2, 0.25) is 0 Å². The zero-order chi connectivity index (χ0) is 53.7. The second-order valence-electron chi connectivity index (χ2n) is 22.7. The van der Waals surface area contributed by atoms with Crippen LogP contribution in [0.4, 0.5) is 34.1 Å². The zero-order valence-corrected chi connectivity index (χ0v) is 44.7. The van der Waals surface area contributed by atoms with Crippen LogP contribution in [-0.2, 0) is 16.2 Å². The summed E-state index contributed by atoms with van der Waals surface area (Å²) in [4.78, 5) is 49.3. The van der Waals surface area contributed by atoms with E-state index in [1.165, 1.54) is 44.5 Å². The number of ketones is 3. The Kier molecular flexibility index (Phi) is 11.3. The fourth-order valence-corrected chi connectivity index (χ4v) is 13.1. The molecular weight excluding hydrogens is 953 g/mol. The van der Waals surface area contributed by atoms with Crippen molar-refractivity contribution in [2.45, 2.75) is 63.7 Å². The van der Waals surface area contributed by atoms with E-state index in [4.69, 9.17) is 0 Å². The van der Waals surface area contributed by atoms with Gasteiger partial charge in [0.1, 0.15) is 0 Å². The number of carbonyl (C=O) groups is 3. The predicted molar refractivity (Wildman–Crippen MR) is 316 cm³/mol. The van der Waals surface area contributed by atoms with Gasteiger partial charge in [-0.3, -0.25) is 14.4 Å². The van der Waals surface area contributed by atoms with E-state index < -0.39 is 0 Å². The van der Waals surface area contributed by atoms with Crippen LogP contribution in [0.1, 0.15) is 145 Å². The van der Waals surface area contributed by atoms with E-state index in [9.17, 15) is 14.4 Å². The fraction of sp³-hybridized carbons (Fsp3) is 0.137. The van der Waals surface area contributed by atoms with Gasteiger partial charge in [-0.1, -0.05) is 187 Å². The Bertz CT molecular complexity index is 3490. The van der Waals surface area contributed by atoms with Crippen LogP contribution in [0.2, 0.25) is 0 Å². The number of hydrogen-bond acceptors (Lipinski definition) is 5. The summed E-state index contributed by atoms with van der Waals surface area (Å²) < 4.78 is 0. The highest BCUT2D eigenvalue weighted by Crippen LogP contribution is 2.54. The van der Waals surface area contributed by atoms with Crippen LogP contribution in [0.3, 0.4) is 0 Å². The third-order valence-corrected chi connectivity index (χ3v) is 17.2. The highest BCUT2D eigenvalue weighted by atomic mass is 16.1. The van der Waals surface area contributed by atoms with Gasteiger partial charge in [-0.25, -0.2) is 0 Å². The standard InChI is InChI=1S/C73H58N2O3/c1-71(2)57-21-9-7-19-55(57)67(56-20-8-10-22-58(56)71)46-31-33-47(34-32-46)68(76)50-43-51(69(77)48-35-39-53(40-36-48)74-63-27-15-11-23-59(63)72(3,4)60-24-12-16-28-64(60)74)45-52(44-50)70(78)49-37-41-54(42-38-49)75-65-29-17-13-25-61(65)73(5,6)62-26-14-18-30-66(62)75/h7-45,67H,1-6H3. The molecule has 378 valence electrons. The molecular formula is C73H58N2O3. The quantitative estimate of drug-likeness (QED) is 0.135. The molecule has 5 nitrogen and oxygen atoms in total. The van der Waals surface area contributed by atoms with Gasteiger partial charge in [0.15, 0.2) is 17.3 Å². The first-order valence-corrected chi connectivity index (χ1v) is 27.0. The summed E-state index contributed by atoms with van der Waals surface area (Å²) in [6.07, 6.45) is 0. The molecule has 3 aliphatic rings. The molecule has 0 N–H and O–H groups in total. The molecule has 0 radical (unpaired) electrons. The number of para-hydroxylation sites is 4. The number of benzene rings is 10. The molecule has 78 heavy (non-hydrogen) atoms. The minimum atomic E-state index is -0.292. The average molecular weight is 1010 g/mol. The summed E-state index contributed by atoms with van der Waals surface area (Å²) in [7, 11) is 0. The van der Waals surface area contributed by atoms with Crippen LogP contribution in [0, 0.1) is 0 Å². The average Bonchev–Trinajstić information content (AvgIpc) is 3.50. The van der Waals surface area contributed by atoms with Crippen molar-refractivity contribution in [3.8, 4) is 0 Å². The van der Waals surface area contributed by atoms with Crippen molar-refractivity contribution in [1.29, 1.82) is 0 Å². The number of nitrogens with zero attached hydrogens (tertiary/aromatic N) is 2. The SMILES string of the molecule is CC1(C)c2ccccc2C(c2ccc(C(=O)c3cc(C(=O)c4ccc(N5c6ccccc6C(C)(C)c6ccccc65)cc4)cc(C(=O)c4ccc(N5c6ccccc6C(C)(C)c6ccccc65)cc4)c3)cc2)c2ccccc21. The molecule has 1 aliphatic carbocycles. The highest BCUT2D eigenvalue weighted by Gasteiger charge is 2.40. The lowest BCUT2D eigenvalue weighted by Gasteiger charge is -2.42. The Morgan fingerprint density at radius 2 is 0.551 bits per heavy atom. The second-order valence-corrected chi connectivity index (χ2v) is 22.7. The van der Waals surface area contributed by atoms with Gasteiger partial charge in [0.05, 0.1) is 22.7 Å². The van der Waals surface area contributed by atoms with Gasteiger partial charge in [-0.2, -0.15) is 0 Å². The first-order chi connectivity index (χ1) is 37.7. The molecule has 2 heterocycles.